The second-order valence-electron chi connectivity index (χ2n) is 15.1. The summed E-state index contributed by atoms with van der Waals surface area (Å²) in [5, 5.41) is 10.3. The zero-order chi connectivity index (χ0) is 38.8. The summed E-state index contributed by atoms with van der Waals surface area (Å²) in [5.41, 5.74) is 4.38. The molecule has 0 spiro atoms. The second-order valence-corrected chi connectivity index (χ2v) is 15.5. The molecule has 0 unspecified atom stereocenters. The minimum absolute atomic E-state index is 0.163. The fraction of sp³-hybridized carbons (Fsp3) is 0.444. The lowest BCUT2D eigenvalue weighted by Crippen LogP contribution is -2.50. The molecule has 4 aromatic rings. The Hall–Kier alpha value is -5.06. The van der Waals surface area contributed by atoms with E-state index >= 15 is 0 Å². The number of aliphatic imine (C=N–C) groups is 1. The van der Waals surface area contributed by atoms with Crippen molar-refractivity contribution < 1.29 is 36.3 Å². The van der Waals surface area contributed by atoms with Gasteiger partial charge in [0.1, 0.15) is 24.3 Å². The van der Waals surface area contributed by atoms with Crippen LogP contribution in [0.3, 0.4) is 0 Å². The first-order chi connectivity index (χ1) is 25.4. The number of amides is 2. The molecule has 2 aliphatic carbocycles. The zero-order valence-electron chi connectivity index (χ0n) is 29.4. The van der Waals surface area contributed by atoms with Gasteiger partial charge in [0.05, 0.1) is 22.9 Å². The predicted molar refractivity (Wildman–Crippen MR) is 187 cm³/mol. The van der Waals surface area contributed by atoms with Gasteiger partial charge >= 0.3 is 18.8 Å². The fourth-order valence-electron chi connectivity index (χ4n) is 6.87. The average Bonchev–Trinajstić information content (AvgIpc) is 3.97. The van der Waals surface area contributed by atoms with E-state index < -0.39 is 53.9 Å². The van der Waals surface area contributed by atoms with Crippen molar-refractivity contribution in [3.05, 3.63) is 83.2 Å². The van der Waals surface area contributed by atoms with Crippen molar-refractivity contribution in [2.24, 2.45) is 16.1 Å². The summed E-state index contributed by atoms with van der Waals surface area (Å²) in [6, 6.07) is 10.3. The van der Waals surface area contributed by atoms with Crippen molar-refractivity contribution in [2.75, 3.05) is 6.61 Å². The van der Waals surface area contributed by atoms with Crippen LogP contribution in [0.25, 0.3) is 16.8 Å². The van der Waals surface area contributed by atoms with Crippen molar-refractivity contribution in [3.8, 4) is 16.8 Å². The van der Waals surface area contributed by atoms with Crippen LogP contribution in [0.4, 0.5) is 26.7 Å². The number of aromatic nitrogens is 5. The summed E-state index contributed by atoms with van der Waals surface area (Å²) >= 11 is 6.67. The van der Waals surface area contributed by atoms with Gasteiger partial charge < -0.3 is 15.8 Å². The van der Waals surface area contributed by atoms with E-state index in [0.29, 0.717) is 43.5 Å². The number of hydrogen-bond acceptors (Lipinski definition) is 8. The molecule has 2 aromatic carbocycles. The highest BCUT2D eigenvalue weighted by molar-refractivity contribution is 6.32. The molecule has 1 aliphatic heterocycles. The van der Waals surface area contributed by atoms with Gasteiger partial charge in [-0.1, -0.05) is 62.7 Å². The minimum Gasteiger partial charge on any atom is -0.447 e. The van der Waals surface area contributed by atoms with Crippen LogP contribution in [-0.2, 0) is 15.1 Å². The molecule has 3 N–H and O–H groups in total. The highest BCUT2D eigenvalue weighted by atomic mass is 35.5. The van der Waals surface area contributed by atoms with Crippen LogP contribution in [0.2, 0.25) is 5.02 Å². The maximum Gasteiger partial charge on any atom is 0.411 e. The van der Waals surface area contributed by atoms with E-state index in [1.165, 1.54) is 23.6 Å². The van der Waals surface area contributed by atoms with Crippen molar-refractivity contribution in [2.45, 2.75) is 88.6 Å². The summed E-state index contributed by atoms with van der Waals surface area (Å²) < 4.78 is 75.1. The first-order valence-corrected chi connectivity index (χ1v) is 17.6. The molecule has 3 aliphatic rings. The van der Waals surface area contributed by atoms with Crippen LogP contribution in [0.1, 0.15) is 88.3 Å². The van der Waals surface area contributed by atoms with Crippen LogP contribution in [0.15, 0.2) is 66.2 Å². The number of nitrogens with one attached hydrogen (secondary N) is 1. The number of nitrogens with two attached hydrogens (primary N) is 1. The number of guanidine groups is 1. The van der Waals surface area contributed by atoms with Gasteiger partial charge in [0, 0.05) is 17.7 Å². The number of halogens is 6. The summed E-state index contributed by atoms with van der Waals surface area (Å²) in [6.07, 6.45) is -0.647. The standard InChI is InChI=1S/C36H37ClF5N9O3/c1-33(2,3)18-35(24-9-6-20(7-10-24)23-15-45-49(16-23)30(38)39)29(52)50(31(43)47-35)27(17-54-32(53)48-34(12-13-34)36(40,41)42)22-8-11-25(37)26(14-22)51-28(21-4-5-21)44-19-46-51/h6-11,14-16,19,21,27,30H,4-5,12-13,17-18H2,1-3H3,(H2,43,47)(H,48,53)/t27-,35-/m1/s1. The van der Waals surface area contributed by atoms with Gasteiger partial charge in [-0.3, -0.25) is 9.69 Å². The predicted octanol–water partition coefficient (Wildman–Crippen LogP) is 7.41. The summed E-state index contributed by atoms with van der Waals surface area (Å²) in [5.74, 6) is 0.0828. The van der Waals surface area contributed by atoms with Gasteiger partial charge in [0.25, 0.3) is 5.91 Å². The quantitative estimate of drug-likeness (QED) is 0.151. The molecule has 3 heterocycles. The van der Waals surface area contributed by atoms with Crippen molar-refractivity contribution in [3.63, 3.8) is 0 Å². The molecule has 54 heavy (non-hydrogen) atoms. The molecule has 2 aromatic heterocycles. The number of hydrogen-bond donors (Lipinski definition) is 2. The molecule has 2 atom stereocenters. The van der Waals surface area contributed by atoms with Gasteiger partial charge in [0.2, 0.25) is 0 Å². The molecule has 0 bridgehead atoms. The first kappa shape index (κ1) is 37.3. The Bertz CT molecular complexity index is 2100. The number of carbonyl (C=O) groups is 2. The van der Waals surface area contributed by atoms with E-state index in [2.05, 4.69) is 15.2 Å². The third-order valence-electron chi connectivity index (χ3n) is 9.83. The van der Waals surface area contributed by atoms with E-state index in [0.717, 1.165) is 12.8 Å². The van der Waals surface area contributed by atoms with Crippen LogP contribution in [0, 0.1) is 5.41 Å². The summed E-state index contributed by atoms with van der Waals surface area (Å²) in [4.78, 5) is 38.3. The maximum absolute atomic E-state index is 15.0. The first-order valence-electron chi connectivity index (χ1n) is 17.2. The molecule has 0 radical (unpaired) electrons. The van der Waals surface area contributed by atoms with Crippen molar-refractivity contribution in [1.29, 1.82) is 0 Å². The third kappa shape index (κ3) is 7.00. The van der Waals surface area contributed by atoms with Crippen molar-refractivity contribution in [1.82, 2.24) is 34.8 Å². The lowest BCUT2D eigenvalue weighted by atomic mass is 9.75. The van der Waals surface area contributed by atoms with Crippen LogP contribution >= 0.6 is 11.6 Å². The van der Waals surface area contributed by atoms with Gasteiger partial charge in [-0.05, 0) is 66.3 Å². The number of nitrogens with zero attached hydrogens (tertiary/aromatic N) is 7. The van der Waals surface area contributed by atoms with Crippen LogP contribution in [-0.4, -0.2) is 65.7 Å². The fourth-order valence-corrected chi connectivity index (χ4v) is 7.07. The van der Waals surface area contributed by atoms with Gasteiger partial charge in [-0.15, -0.1) is 0 Å². The molecule has 2 amide bonds. The average molecular weight is 774 g/mol. The van der Waals surface area contributed by atoms with E-state index in [1.54, 1.807) is 47.1 Å². The lowest BCUT2D eigenvalue weighted by molar-refractivity contribution is -0.164. The Morgan fingerprint density at radius 1 is 1.07 bits per heavy atom. The monoisotopic (exact) mass is 773 g/mol. The molecule has 18 heteroatoms. The van der Waals surface area contributed by atoms with Crippen molar-refractivity contribution >= 4 is 29.6 Å². The number of alkyl carbamates (subject to hydrolysis) is 1. The van der Waals surface area contributed by atoms with Crippen LogP contribution in [0.5, 0.6) is 0 Å². The maximum atomic E-state index is 15.0. The number of benzene rings is 2. The number of carbonyl (C=O) groups excluding carboxylic acids is 2. The molecule has 0 saturated heterocycles. The van der Waals surface area contributed by atoms with Gasteiger partial charge in [0.15, 0.2) is 11.5 Å². The van der Waals surface area contributed by atoms with Gasteiger partial charge in [-0.25, -0.2) is 24.1 Å². The molecule has 2 saturated carbocycles. The Morgan fingerprint density at radius 3 is 2.37 bits per heavy atom. The minimum atomic E-state index is -4.68. The molecular formula is C36H37ClF5N9O3. The summed E-state index contributed by atoms with van der Waals surface area (Å²) in [6.45, 7) is 2.34. The van der Waals surface area contributed by atoms with E-state index in [9.17, 15) is 31.5 Å². The number of rotatable bonds is 11. The zero-order valence-corrected chi connectivity index (χ0v) is 30.2. The Morgan fingerprint density at radius 2 is 1.78 bits per heavy atom. The topological polar surface area (TPSA) is 146 Å². The SMILES string of the molecule is CC(C)(C)C[C@]1(c2ccc(-c3cnn(C(F)F)c3)cc2)N=C(N)N([C@H](COC(=O)NC2(C(F)(F)F)CC2)c2ccc(Cl)c(-n3ncnc3C3CC3)c2)C1=O. The smallest absolute Gasteiger partial charge is 0.411 e. The molecule has 12 nitrogen and oxygen atoms in total. The van der Waals surface area contributed by atoms with E-state index in [-0.39, 0.29) is 31.1 Å². The Kier molecular flexibility index (Phi) is 9.21. The Balaban J connectivity index is 1.26. The number of ether oxygens (including phenoxy) is 1. The molecule has 2 fully saturated rings. The highest BCUT2D eigenvalue weighted by Crippen LogP contribution is 2.49. The Labute approximate surface area is 311 Å². The highest BCUT2D eigenvalue weighted by Gasteiger charge is 2.64. The third-order valence-corrected chi connectivity index (χ3v) is 10.1. The molecule has 286 valence electrons. The largest absolute Gasteiger partial charge is 0.447 e. The normalized spacial score (nSPS) is 20.3. The van der Waals surface area contributed by atoms with E-state index in [4.69, 9.17) is 27.1 Å². The molecule has 7 rings (SSSR count). The summed E-state index contributed by atoms with van der Waals surface area (Å²) in [7, 11) is 0. The number of alkyl halides is 5. The van der Waals surface area contributed by atoms with Gasteiger partial charge in [-0.2, -0.15) is 32.1 Å². The van der Waals surface area contributed by atoms with E-state index in [1.807, 2.05) is 26.1 Å². The van der Waals surface area contributed by atoms with Crippen LogP contribution < -0.4 is 11.1 Å². The lowest BCUT2D eigenvalue weighted by Gasteiger charge is -2.35. The molecular weight excluding hydrogens is 737 g/mol. The second kappa shape index (κ2) is 13.4.